The fraction of sp³-hybridized carbons (Fsp3) is 0.684. The highest BCUT2D eigenvalue weighted by Crippen LogP contribution is 2.26. The number of rotatable bonds is 7. The smallest absolute Gasteiger partial charge is 0.231 e. The molecule has 0 bridgehead atoms. The van der Waals surface area contributed by atoms with Crippen molar-refractivity contribution in [2.45, 2.75) is 44.6 Å². The molecular weight excluding hydrogens is 344 g/mol. The fourth-order valence-corrected chi connectivity index (χ4v) is 3.90. The second kappa shape index (κ2) is 8.75. The van der Waals surface area contributed by atoms with Crippen molar-refractivity contribution in [3.63, 3.8) is 0 Å². The van der Waals surface area contributed by atoms with Gasteiger partial charge in [0.15, 0.2) is 5.82 Å². The molecule has 2 fully saturated rings. The lowest BCUT2D eigenvalue weighted by Crippen LogP contribution is -2.34. The molecule has 27 heavy (non-hydrogen) atoms. The maximum absolute atomic E-state index is 5.50. The van der Waals surface area contributed by atoms with Crippen LogP contribution in [0.15, 0.2) is 16.9 Å². The summed E-state index contributed by atoms with van der Waals surface area (Å²) >= 11 is 0. The minimum Gasteiger partial charge on any atom is -0.384 e. The molecule has 1 unspecified atom stereocenters. The molecule has 4 rings (SSSR count). The van der Waals surface area contributed by atoms with Crippen molar-refractivity contribution in [2.75, 3.05) is 44.8 Å². The zero-order valence-electron chi connectivity index (χ0n) is 16.0. The summed E-state index contributed by atoms with van der Waals surface area (Å²) in [7, 11) is 1.68. The Morgan fingerprint density at radius 2 is 1.96 bits per heavy atom. The van der Waals surface area contributed by atoms with Crippen molar-refractivity contribution in [1.29, 1.82) is 0 Å². The molecule has 0 saturated carbocycles. The first-order chi connectivity index (χ1) is 13.3. The quantitative estimate of drug-likeness (QED) is 0.730. The van der Waals surface area contributed by atoms with Gasteiger partial charge >= 0.3 is 0 Å². The Morgan fingerprint density at radius 3 is 2.74 bits per heavy atom. The van der Waals surface area contributed by atoms with Crippen molar-refractivity contribution in [3.05, 3.63) is 29.7 Å². The molecule has 2 aliphatic heterocycles. The number of nitrogens with zero attached hydrogens (tertiary/aromatic N) is 6. The third kappa shape index (κ3) is 4.62. The van der Waals surface area contributed by atoms with Crippen LogP contribution in [-0.2, 0) is 17.7 Å². The first-order valence-corrected chi connectivity index (χ1v) is 9.91. The third-order valence-electron chi connectivity index (χ3n) is 5.36. The molecule has 0 aliphatic carbocycles. The van der Waals surface area contributed by atoms with E-state index < -0.39 is 0 Å². The minimum atomic E-state index is 0.298. The average molecular weight is 372 g/mol. The summed E-state index contributed by atoms with van der Waals surface area (Å²) in [5, 5.41) is 4.08. The highest BCUT2D eigenvalue weighted by Gasteiger charge is 2.26. The van der Waals surface area contributed by atoms with E-state index in [9.17, 15) is 0 Å². The Bertz CT molecular complexity index is 713. The predicted molar refractivity (Wildman–Crippen MR) is 101 cm³/mol. The van der Waals surface area contributed by atoms with Gasteiger partial charge in [-0.2, -0.15) is 4.98 Å². The number of piperidine rings is 1. The molecule has 0 radical (unpaired) electrons. The van der Waals surface area contributed by atoms with Crippen LogP contribution in [0.5, 0.6) is 0 Å². The largest absolute Gasteiger partial charge is 0.384 e. The molecule has 0 amide bonds. The molecular formula is C19H28N6O2. The van der Waals surface area contributed by atoms with Crippen LogP contribution in [0.25, 0.3) is 0 Å². The van der Waals surface area contributed by atoms with E-state index in [0.717, 1.165) is 68.8 Å². The molecule has 8 nitrogen and oxygen atoms in total. The highest BCUT2D eigenvalue weighted by molar-refractivity contribution is 5.30. The molecule has 0 N–H and O–H groups in total. The van der Waals surface area contributed by atoms with Gasteiger partial charge in [0.25, 0.3) is 0 Å². The second-order valence-corrected chi connectivity index (χ2v) is 7.45. The van der Waals surface area contributed by atoms with Gasteiger partial charge in [-0.05, 0) is 32.2 Å². The van der Waals surface area contributed by atoms with Gasteiger partial charge in [0.05, 0.1) is 12.5 Å². The summed E-state index contributed by atoms with van der Waals surface area (Å²) in [6.45, 7) is 5.63. The lowest BCUT2D eigenvalue weighted by molar-refractivity contribution is 0.179. The van der Waals surface area contributed by atoms with Gasteiger partial charge in [-0.3, -0.25) is 4.90 Å². The zero-order valence-corrected chi connectivity index (χ0v) is 16.0. The van der Waals surface area contributed by atoms with E-state index >= 15 is 0 Å². The van der Waals surface area contributed by atoms with Crippen molar-refractivity contribution >= 4 is 5.95 Å². The van der Waals surface area contributed by atoms with Gasteiger partial charge in [0, 0.05) is 57.7 Å². The van der Waals surface area contributed by atoms with Gasteiger partial charge < -0.3 is 14.2 Å². The Morgan fingerprint density at radius 1 is 1.15 bits per heavy atom. The number of anilines is 1. The summed E-state index contributed by atoms with van der Waals surface area (Å²) in [6, 6.07) is 0. The normalized spacial score (nSPS) is 21.1. The average Bonchev–Trinajstić information content (AvgIpc) is 3.39. The second-order valence-electron chi connectivity index (χ2n) is 7.45. The third-order valence-corrected chi connectivity index (χ3v) is 5.36. The van der Waals surface area contributed by atoms with Crippen LogP contribution in [0.4, 0.5) is 5.95 Å². The van der Waals surface area contributed by atoms with E-state index in [2.05, 4.69) is 29.9 Å². The molecule has 4 heterocycles. The highest BCUT2D eigenvalue weighted by atomic mass is 16.5. The number of aromatic nitrogens is 4. The minimum absolute atomic E-state index is 0.298. The van der Waals surface area contributed by atoms with Crippen LogP contribution in [0.3, 0.4) is 0 Å². The first kappa shape index (κ1) is 18.3. The van der Waals surface area contributed by atoms with E-state index in [-0.39, 0.29) is 0 Å². The van der Waals surface area contributed by atoms with Crippen molar-refractivity contribution in [2.24, 2.45) is 0 Å². The lowest BCUT2D eigenvalue weighted by atomic mass is 9.97. The summed E-state index contributed by atoms with van der Waals surface area (Å²) in [5.41, 5.74) is 1.16. The SMILES string of the molecule is COCCc1noc(C2CCCN(Cc3cnc(N4CCCC4)nc3)C2)n1. The summed E-state index contributed by atoms with van der Waals surface area (Å²) in [6.07, 6.45) is 9.34. The van der Waals surface area contributed by atoms with Crippen molar-refractivity contribution in [3.8, 4) is 0 Å². The molecule has 8 heteroatoms. The van der Waals surface area contributed by atoms with Crippen LogP contribution < -0.4 is 4.90 Å². The fourth-order valence-electron chi connectivity index (χ4n) is 3.90. The maximum Gasteiger partial charge on any atom is 0.231 e. The van der Waals surface area contributed by atoms with E-state index in [4.69, 9.17) is 9.26 Å². The Hall–Kier alpha value is -2.06. The molecule has 0 spiro atoms. The van der Waals surface area contributed by atoms with E-state index in [1.54, 1.807) is 7.11 Å². The number of ether oxygens (including phenoxy) is 1. The summed E-state index contributed by atoms with van der Waals surface area (Å²) < 4.78 is 10.6. The Kier molecular flexibility index (Phi) is 5.94. The molecule has 2 aliphatic rings. The van der Waals surface area contributed by atoms with E-state index in [1.165, 1.54) is 12.8 Å². The number of methoxy groups -OCH3 is 1. The first-order valence-electron chi connectivity index (χ1n) is 9.91. The maximum atomic E-state index is 5.50. The standard InChI is InChI=1S/C19H28N6O2/c1-26-10-6-17-22-18(27-23-17)16-5-4-7-24(14-16)13-15-11-20-19(21-12-15)25-8-2-3-9-25/h11-12,16H,2-10,13-14H2,1H3. The topological polar surface area (TPSA) is 80.4 Å². The van der Waals surface area contributed by atoms with E-state index in [0.29, 0.717) is 18.9 Å². The van der Waals surface area contributed by atoms with Crippen LogP contribution in [-0.4, -0.2) is 64.9 Å². The molecule has 2 saturated heterocycles. The van der Waals surface area contributed by atoms with Crippen LogP contribution in [0, 0.1) is 0 Å². The number of hydrogen-bond acceptors (Lipinski definition) is 8. The summed E-state index contributed by atoms with van der Waals surface area (Å²) in [4.78, 5) is 18.4. The van der Waals surface area contributed by atoms with Gasteiger partial charge in [0.1, 0.15) is 0 Å². The molecule has 146 valence electrons. The van der Waals surface area contributed by atoms with Crippen LogP contribution in [0.2, 0.25) is 0 Å². The van der Waals surface area contributed by atoms with Crippen molar-refractivity contribution < 1.29 is 9.26 Å². The molecule has 2 aromatic heterocycles. The van der Waals surface area contributed by atoms with Crippen LogP contribution >= 0.6 is 0 Å². The Balaban J connectivity index is 1.33. The number of likely N-dealkylation sites (tertiary alicyclic amines) is 1. The lowest BCUT2D eigenvalue weighted by Gasteiger charge is -2.30. The van der Waals surface area contributed by atoms with Gasteiger partial charge in [0.2, 0.25) is 11.8 Å². The molecule has 2 aromatic rings. The number of hydrogen-bond donors (Lipinski definition) is 0. The van der Waals surface area contributed by atoms with Gasteiger partial charge in [-0.25, -0.2) is 9.97 Å². The van der Waals surface area contributed by atoms with Crippen molar-refractivity contribution in [1.82, 2.24) is 25.0 Å². The molecule has 1 atom stereocenters. The predicted octanol–water partition coefficient (Wildman–Crippen LogP) is 2.03. The monoisotopic (exact) mass is 372 g/mol. The van der Waals surface area contributed by atoms with Gasteiger partial charge in [-0.1, -0.05) is 5.16 Å². The summed E-state index contributed by atoms with van der Waals surface area (Å²) in [5.74, 6) is 2.65. The van der Waals surface area contributed by atoms with E-state index in [1.807, 2.05) is 12.4 Å². The molecule has 0 aromatic carbocycles. The zero-order chi connectivity index (χ0) is 18.5. The van der Waals surface area contributed by atoms with Gasteiger partial charge in [-0.15, -0.1) is 0 Å². The van der Waals surface area contributed by atoms with Crippen LogP contribution in [0.1, 0.15) is 48.9 Å². The Labute approximate surface area is 159 Å².